The van der Waals surface area contributed by atoms with E-state index in [1.54, 1.807) is 12.1 Å². The fraction of sp³-hybridized carbons (Fsp3) is 0.375. The predicted molar refractivity (Wildman–Crippen MR) is 81.7 cm³/mol. The highest BCUT2D eigenvalue weighted by atomic mass is 16.6. The molecule has 1 fully saturated rings. The van der Waals surface area contributed by atoms with Gasteiger partial charge in [0.15, 0.2) is 0 Å². The lowest BCUT2D eigenvalue weighted by molar-refractivity contribution is -0.383. The number of nitro benzene ring substituents is 1. The molecule has 5 heteroatoms. The van der Waals surface area contributed by atoms with Crippen LogP contribution >= 0.6 is 0 Å². The van der Waals surface area contributed by atoms with Crippen LogP contribution in [0.1, 0.15) is 19.3 Å². The van der Waals surface area contributed by atoms with Crippen LogP contribution in [0.2, 0.25) is 0 Å². The highest BCUT2D eigenvalue weighted by Gasteiger charge is 2.17. The number of ether oxygens (including phenoxy) is 1. The maximum Gasteiger partial charge on any atom is 0.277 e. The molecule has 2 aromatic rings. The molecular formula is C16H18N2O3. The van der Waals surface area contributed by atoms with Crippen LogP contribution in [0.5, 0.6) is 5.75 Å². The van der Waals surface area contributed by atoms with Gasteiger partial charge < -0.3 is 10.1 Å². The van der Waals surface area contributed by atoms with E-state index in [4.69, 9.17) is 4.74 Å². The summed E-state index contributed by atoms with van der Waals surface area (Å²) in [5.74, 6) is 0.712. The Morgan fingerprint density at radius 2 is 2.00 bits per heavy atom. The van der Waals surface area contributed by atoms with Crippen LogP contribution in [0.3, 0.4) is 0 Å². The van der Waals surface area contributed by atoms with Crippen LogP contribution in [0, 0.1) is 10.1 Å². The Kier molecular flexibility index (Phi) is 4.01. The Bertz CT molecular complexity index is 651. The molecule has 3 rings (SSSR count). The van der Waals surface area contributed by atoms with Crippen molar-refractivity contribution in [1.82, 2.24) is 5.32 Å². The Balaban J connectivity index is 1.85. The second-order valence-corrected chi connectivity index (χ2v) is 5.34. The average Bonchev–Trinajstić information content (AvgIpc) is 2.53. The third kappa shape index (κ3) is 2.97. The fourth-order valence-electron chi connectivity index (χ4n) is 2.80. The maximum atomic E-state index is 11.1. The van der Waals surface area contributed by atoms with E-state index in [1.165, 1.54) is 18.9 Å². The van der Waals surface area contributed by atoms with Gasteiger partial charge in [-0.3, -0.25) is 10.1 Å². The highest BCUT2D eigenvalue weighted by molar-refractivity contribution is 5.95. The van der Waals surface area contributed by atoms with E-state index in [2.05, 4.69) is 5.32 Å². The molecule has 0 saturated carbocycles. The minimum atomic E-state index is -0.352. The van der Waals surface area contributed by atoms with Gasteiger partial charge >= 0.3 is 0 Å². The number of nitro groups is 1. The summed E-state index contributed by atoms with van der Waals surface area (Å²) >= 11 is 0. The monoisotopic (exact) mass is 286 g/mol. The van der Waals surface area contributed by atoms with Gasteiger partial charge in [0.2, 0.25) is 0 Å². The molecule has 1 saturated heterocycles. The summed E-state index contributed by atoms with van der Waals surface area (Å²) in [6.45, 7) is 1.64. The zero-order valence-electron chi connectivity index (χ0n) is 11.7. The molecule has 0 amide bonds. The summed E-state index contributed by atoms with van der Waals surface area (Å²) < 4.78 is 5.91. The van der Waals surface area contributed by atoms with Gasteiger partial charge in [0.1, 0.15) is 12.4 Å². The first-order valence-corrected chi connectivity index (χ1v) is 7.28. The second-order valence-electron chi connectivity index (χ2n) is 5.34. The number of nitrogens with one attached hydrogen (secondary N) is 1. The van der Waals surface area contributed by atoms with E-state index in [0.717, 1.165) is 18.4 Å². The predicted octanol–water partition coefficient (Wildman–Crippen LogP) is 3.27. The van der Waals surface area contributed by atoms with Crippen molar-refractivity contribution in [3.05, 3.63) is 46.5 Å². The van der Waals surface area contributed by atoms with E-state index in [0.29, 0.717) is 23.8 Å². The molecule has 0 aromatic heterocycles. The number of non-ortho nitro benzene ring substituents is 1. The van der Waals surface area contributed by atoms with Crippen LogP contribution in [-0.4, -0.2) is 24.1 Å². The lowest BCUT2D eigenvalue weighted by Gasteiger charge is -2.23. The van der Waals surface area contributed by atoms with Gasteiger partial charge in [-0.25, -0.2) is 0 Å². The third-order valence-corrected chi connectivity index (χ3v) is 3.91. The van der Waals surface area contributed by atoms with Crippen LogP contribution in [0.4, 0.5) is 5.69 Å². The molecule has 1 aliphatic heterocycles. The molecule has 110 valence electrons. The summed E-state index contributed by atoms with van der Waals surface area (Å²) in [7, 11) is 0. The Morgan fingerprint density at radius 1 is 1.19 bits per heavy atom. The van der Waals surface area contributed by atoms with Gasteiger partial charge in [0.05, 0.1) is 10.3 Å². The highest BCUT2D eigenvalue weighted by Crippen LogP contribution is 2.32. The van der Waals surface area contributed by atoms with Crippen molar-refractivity contribution in [2.45, 2.75) is 25.3 Å². The van der Waals surface area contributed by atoms with Crippen molar-refractivity contribution in [3.8, 4) is 5.75 Å². The van der Waals surface area contributed by atoms with E-state index < -0.39 is 0 Å². The molecule has 1 atom stereocenters. The molecule has 0 aliphatic carbocycles. The van der Waals surface area contributed by atoms with Crippen molar-refractivity contribution in [1.29, 1.82) is 0 Å². The average molecular weight is 286 g/mol. The Labute approximate surface area is 123 Å². The summed E-state index contributed by atoms with van der Waals surface area (Å²) in [5.41, 5.74) is 0.119. The number of benzene rings is 2. The lowest BCUT2D eigenvalue weighted by atomic mass is 10.1. The Hall–Kier alpha value is -2.14. The summed E-state index contributed by atoms with van der Waals surface area (Å²) in [5, 5.41) is 15.9. The molecule has 2 aromatic carbocycles. The molecule has 0 radical (unpaired) electrons. The normalized spacial score (nSPS) is 18.6. The number of nitrogens with zero attached hydrogens (tertiary/aromatic N) is 1. The summed E-state index contributed by atoms with van der Waals surface area (Å²) in [6, 6.07) is 10.9. The minimum Gasteiger partial charge on any atom is -0.491 e. The largest absolute Gasteiger partial charge is 0.491 e. The molecule has 1 heterocycles. The first kappa shape index (κ1) is 13.8. The van der Waals surface area contributed by atoms with E-state index in [-0.39, 0.29) is 10.6 Å². The van der Waals surface area contributed by atoms with E-state index in [1.807, 2.05) is 18.2 Å². The van der Waals surface area contributed by atoms with Crippen LogP contribution in [0.15, 0.2) is 36.4 Å². The van der Waals surface area contributed by atoms with Gasteiger partial charge in [-0.05, 0) is 31.5 Å². The molecule has 0 spiro atoms. The van der Waals surface area contributed by atoms with Crippen LogP contribution < -0.4 is 10.1 Å². The maximum absolute atomic E-state index is 11.1. The number of piperidine rings is 1. The molecule has 5 nitrogen and oxygen atoms in total. The smallest absolute Gasteiger partial charge is 0.277 e. The number of hydrogen-bond acceptors (Lipinski definition) is 4. The SMILES string of the molecule is O=[N+]([O-])c1ccc(OCC2CCCCN2)c2ccccc12. The molecule has 1 N–H and O–H groups in total. The molecule has 21 heavy (non-hydrogen) atoms. The van der Waals surface area contributed by atoms with Crippen molar-refractivity contribution < 1.29 is 9.66 Å². The molecule has 0 bridgehead atoms. The zero-order chi connectivity index (χ0) is 14.7. The third-order valence-electron chi connectivity index (χ3n) is 3.91. The van der Waals surface area contributed by atoms with E-state index in [9.17, 15) is 10.1 Å². The van der Waals surface area contributed by atoms with Crippen molar-refractivity contribution in [3.63, 3.8) is 0 Å². The minimum absolute atomic E-state index is 0.119. The number of fused-ring (bicyclic) bond motifs is 1. The number of hydrogen-bond donors (Lipinski definition) is 1. The van der Waals surface area contributed by atoms with Crippen LogP contribution in [0.25, 0.3) is 10.8 Å². The summed E-state index contributed by atoms with van der Waals surface area (Å²) in [4.78, 5) is 10.7. The zero-order valence-corrected chi connectivity index (χ0v) is 11.7. The van der Waals surface area contributed by atoms with Gasteiger partial charge in [-0.15, -0.1) is 0 Å². The second kappa shape index (κ2) is 6.10. The summed E-state index contributed by atoms with van der Waals surface area (Å²) in [6.07, 6.45) is 3.56. The van der Waals surface area contributed by atoms with Gasteiger partial charge in [0.25, 0.3) is 5.69 Å². The number of rotatable bonds is 4. The first-order valence-electron chi connectivity index (χ1n) is 7.28. The van der Waals surface area contributed by atoms with Crippen molar-refractivity contribution in [2.24, 2.45) is 0 Å². The lowest BCUT2D eigenvalue weighted by Crippen LogP contribution is -2.38. The van der Waals surface area contributed by atoms with Gasteiger partial charge in [-0.1, -0.05) is 24.6 Å². The van der Waals surface area contributed by atoms with Crippen molar-refractivity contribution >= 4 is 16.5 Å². The van der Waals surface area contributed by atoms with Crippen molar-refractivity contribution in [2.75, 3.05) is 13.2 Å². The first-order chi connectivity index (χ1) is 10.3. The molecule has 1 aliphatic rings. The molecule has 1 unspecified atom stereocenters. The standard InChI is InChI=1S/C16H18N2O3/c19-18(20)15-8-9-16(14-7-2-1-6-13(14)15)21-11-12-5-3-4-10-17-12/h1-2,6-9,12,17H,3-5,10-11H2. The van der Waals surface area contributed by atoms with E-state index >= 15 is 0 Å². The van der Waals surface area contributed by atoms with Gasteiger partial charge in [-0.2, -0.15) is 0 Å². The van der Waals surface area contributed by atoms with Crippen LogP contribution in [-0.2, 0) is 0 Å². The Morgan fingerprint density at radius 3 is 2.71 bits per heavy atom. The molecular weight excluding hydrogens is 268 g/mol. The quantitative estimate of drug-likeness (QED) is 0.692. The fourth-order valence-corrected chi connectivity index (χ4v) is 2.80. The van der Waals surface area contributed by atoms with Gasteiger partial charge in [0, 0.05) is 17.5 Å². The topological polar surface area (TPSA) is 64.4 Å².